The summed E-state index contributed by atoms with van der Waals surface area (Å²) in [4.78, 5) is 42.6. The largest absolute Gasteiger partial charge is 0.337 e. The number of carbonyl (C=O) groups is 2. The SMILES string of the molecule is CC(=O)C1CC(C(=O)N2CCC(n3c(=O)[nH]c4ccccc43)CC2)=NN1c1ccccc1. The van der Waals surface area contributed by atoms with Gasteiger partial charge in [-0.2, -0.15) is 5.10 Å². The average Bonchev–Trinajstić information content (AvgIpc) is 3.40. The predicted molar refractivity (Wildman–Crippen MR) is 123 cm³/mol. The lowest BCUT2D eigenvalue weighted by Crippen LogP contribution is -2.43. The Labute approximate surface area is 185 Å². The van der Waals surface area contributed by atoms with E-state index in [2.05, 4.69) is 10.1 Å². The number of imidazole rings is 1. The molecule has 3 aromatic rings. The van der Waals surface area contributed by atoms with E-state index in [0.717, 1.165) is 16.7 Å². The van der Waals surface area contributed by atoms with Crippen LogP contribution in [0.3, 0.4) is 0 Å². The number of para-hydroxylation sites is 3. The van der Waals surface area contributed by atoms with E-state index in [4.69, 9.17) is 0 Å². The zero-order chi connectivity index (χ0) is 22.2. The van der Waals surface area contributed by atoms with Gasteiger partial charge < -0.3 is 9.88 Å². The maximum absolute atomic E-state index is 13.2. The standard InChI is InChI=1S/C24H25N5O3/c1-16(30)22-15-20(26-29(22)18-7-3-2-4-8-18)23(31)27-13-11-17(12-14-27)28-21-10-6-5-9-19(21)25-24(28)32/h2-10,17,22H,11-15H2,1H3,(H,25,32). The number of likely N-dealkylation sites (tertiary alicyclic amines) is 1. The summed E-state index contributed by atoms with van der Waals surface area (Å²) in [6, 6.07) is 16.7. The zero-order valence-electron chi connectivity index (χ0n) is 17.9. The molecule has 1 amide bonds. The van der Waals surface area contributed by atoms with Crippen molar-refractivity contribution in [1.29, 1.82) is 0 Å². The van der Waals surface area contributed by atoms with Gasteiger partial charge in [-0.3, -0.25) is 19.2 Å². The number of aromatic amines is 1. The van der Waals surface area contributed by atoms with Gasteiger partial charge in [0.2, 0.25) is 0 Å². The molecule has 5 rings (SSSR count). The first kappa shape index (κ1) is 20.2. The van der Waals surface area contributed by atoms with E-state index in [9.17, 15) is 14.4 Å². The van der Waals surface area contributed by atoms with E-state index in [1.54, 1.807) is 9.91 Å². The first-order valence-electron chi connectivity index (χ1n) is 10.9. The molecule has 0 aliphatic carbocycles. The number of nitrogens with one attached hydrogen (secondary N) is 1. The quantitative estimate of drug-likeness (QED) is 0.688. The molecule has 1 N–H and O–H groups in total. The first-order valence-corrected chi connectivity index (χ1v) is 10.9. The molecule has 0 bridgehead atoms. The summed E-state index contributed by atoms with van der Waals surface area (Å²) in [7, 11) is 0. The number of hydrogen-bond donors (Lipinski definition) is 1. The van der Waals surface area contributed by atoms with Crippen LogP contribution in [-0.2, 0) is 9.59 Å². The summed E-state index contributed by atoms with van der Waals surface area (Å²) in [5, 5.41) is 6.20. The van der Waals surface area contributed by atoms with Crippen LogP contribution in [0.4, 0.5) is 5.69 Å². The van der Waals surface area contributed by atoms with Gasteiger partial charge in [0.15, 0.2) is 5.78 Å². The lowest BCUT2D eigenvalue weighted by molar-refractivity contribution is -0.125. The normalized spacial score (nSPS) is 19.4. The number of aromatic nitrogens is 2. The van der Waals surface area contributed by atoms with Crippen LogP contribution >= 0.6 is 0 Å². The molecule has 2 aliphatic rings. The van der Waals surface area contributed by atoms with E-state index >= 15 is 0 Å². The van der Waals surface area contributed by atoms with Crippen molar-refractivity contribution in [2.24, 2.45) is 5.10 Å². The minimum absolute atomic E-state index is 0.0159. The Morgan fingerprint density at radius 1 is 1.00 bits per heavy atom. The van der Waals surface area contributed by atoms with Gasteiger partial charge in [-0.25, -0.2) is 4.79 Å². The number of carbonyl (C=O) groups excluding carboxylic acids is 2. The number of nitrogens with zero attached hydrogens (tertiary/aromatic N) is 4. The number of H-pyrrole nitrogens is 1. The third-order valence-corrected chi connectivity index (χ3v) is 6.39. The number of hydrogen-bond acceptors (Lipinski definition) is 5. The molecule has 0 saturated carbocycles. The molecule has 2 aromatic carbocycles. The number of anilines is 1. The fraction of sp³-hybridized carbons (Fsp3) is 0.333. The molecule has 0 spiro atoms. The molecule has 164 valence electrons. The third-order valence-electron chi connectivity index (χ3n) is 6.39. The number of Topliss-reactive ketones (excluding diaryl/α,β-unsaturated/α-hetero) is 1. The van der Waals surface area contributed by atoms with Crippen molar-refractivity contribution >= 4 is 34.1 Å². The van der Waals surface area contributed by atoms with Crippen LogP contribution in [-0.4, -0.2) is 51.0 Å². The van der Waals surface area contributed by atoms with Gasteiger partial charge in [-0.1, -0.05) is 30.3 Å². The summed E-state index contributed by atoms with van der Waals surface area (Å²) in [5.74, 6) is -0.141. The molecule has 3 heterocycles. The van der Waals surface area contributed by atoms with Crippen LogP contribution in [0.15, 0.2) is 64.5 Å². The van der Waals surface area contributed by atoms with Crippen molar-refractivity contribution in [2.75, 3.05) is 18.1 Å². The molecule has 1 saturated heterocycles. The Morgan fingerprint density at radius 3 is 2.41 bits per heavy atom. The van der Waals surface area contributed by atoms with Crippen molar-refractivity contribution in [3.8, 4) is 0 Å². The highest BCUT2D eigenvalue weighted by molar-refractivity contribution is 6.40. The van der Waals surface area contributed by atoms with Gasteiger partial charge in [0.05, 0.1) is 16.7 Å². The molecule has 32 heavy (non-hydrogen) atoms. The van der Waals surface area contributed by atoms with Crippen molar-refractivity contribution in [2.45, 2.75) is 38.3 Å². The van der Waals surface area contributed by atoms with Crippen LogP contribution in [0.2, 0.25) is 0 Å². The number of rotatable bonds is 4. The molecule has 1 unspecified atom stereocenters. The maximum atomic E-state index is 13.2. The van der Waals surface area contributed by atoms with E-state index < -0.39 is 6.04 Å². The predicted octanol–water partition coefficient (Wildman–Crippen LogP) is 2.72. The minimum Gasteiger partial charge on any atom is -0.337 e. The number of piperidine rings is 1. The first-order chi connectivity index (χ1) is 15.5. The van der Waals surface area contributed by atoms with Crippen LogP contribution in [0.1, 0.15) is 32.2 Å². The van der Waals surface area contributed by atoms with E-state index in [1.165, 1.54) is 6.92 Å². The Balaban J connectivity index is 1.32. The Hall–Kier alpha value is -3.68. The zero-order valence-corrected chi connectivity index (χ0v) is 17.9. The molecular weight excluding hydrogens is 406 g/mol. The van der Waals surface area contributed by atoms with Gasteiger partial charge in [0, 0.05) is 25.6 Å². The molecule has 1 fully saturated rings. The lowest BCUT2D eigenvalue weighted by atomic mass is 10.0. The smallest absolute Gasteiger partial charge is 0.326 e. The molecule has 8 heteroatoms. The summed E-state index contributed by atoms with van der Waals surface area (Å²) in [6.07, 6.45) is 1.70. The van der Waals surface area contributed by atoms with E-state index in [-0.39, 0.29) is 23.4 Å². The lowest BCUT2D eigenvalue weighted by Gasteiger charge is -2.32. The molecular formula is C24H25N5O3. The Bertz CT molecular complexity index is 1250. The van der Waals surface area contributed by atoms with Gasteiger partial charge in [-0.05, 0) is 44.0 Å². The average molecular weight is 431 g/mol. The van der Waals surface area contributed by atoms with Crippen LogP contribution in [0.5, 0.6) is 0 Å². The van der Waals surface area contributed by atoms with Crippen LogP contribution in [0.25, 0.3) is 11.0 Å². The topological polar surface area (TPSA) is 90.8 Å². The fourth-order valence-corrected chi connectivity index (χ4v) is 4.72. The molecule has 8 nitrogen and oxygen atoms in total. The van der Waals surface area contributed by atoms with Gasteiger partial charge in [0.25, 0.3) is 5.91 Å². The highest BCUT2D eigenvalue weighted by atomic mass is 16.2. The van der Waals surface area contributed by atoms with Gasteiger partial charge in [0.1, 0.15) is 11.8 Å². The van der Waals surface area contributed by atoms with E-state index in [0.29, 0.717) is 38.1 Å². The number of ketones is 1. The second kappa shape index (κ2) is 8.11. The van der Waals surface area contributed by atoms with Crippen molar-refractivity contribution < 1.29 is 9.59 Å². The monoisotopic (exact) mass is 431 g/mol. The van der Waals surface area contributed by atoms with Crippen LogP contribution in [0, 0.1) is 0 Å². The summed E-state index contributed by atoms with van der Waals surface area (Å²) < 4.78 is 1.81. The second-order valence-corrected chi connectivity index (χ2v) is 8.40. The van der Waals surface area contributed by atoms with E-state index in [1.807, 2.05) is 59.2 Å². The fourth-order valence-electron chi connectivity index (χ4n) is 4.72. The Kier molecular flexibility index (Phi) is 5.13. The Morgan fingerprint density at radius 2 is 1.69 bits per heavy atom. The highest BCUT2D eigenvalue weighted by Gasteiger charge is 2.37. The summed E-state index contributed by atoms with van der Waals surface area (Å²) >= 11 is 0. The van der Waals surface area contributed by atoms with Crippen molar-refractivity contribution in [3.05, 3.63) is 65.1 Å². The highest BCUT2D eigenvalue weighted by Crippen LogP contribution is 2.28. The number of fused-ring (bicyclic) bond motifs is 1. The minimum atomic E-state index is -0.460. The van der Waals surface area contributed by atoms with Gasteiger partial charge >= 0.3 is 5.69 Å². The van der Waals surface area contributed by atoms with Gasteiger partial charge in [-0.15, -0.1) is 0 Å². The third kappa shape index (κ3) is 3.51. The second-order valence-electron chi connectivity index (χ2n) is 8.40. The summed E-state index contributed by atoms with van der Waals surface area (Å²) in [6.45, 7) is 2.63. The van der Waals surface area contributed by atoms with Crippen molar-refractivity contribution in [3.63, 3.8) is 0 Å². The molecule has 2 aliphatic heterocycles. The molecule has 1 atom stereocenters. The number of hydrazone groups is 1. The number of amides is 1. The summed E-state index contributed by atoms with van der Waals surface area (Å²) in [5.41, 5.74) is 2.82. The maximum Gasteiger partial charge on any atom is 0.326 e. The van der Waals surface area contributed by atoms with Crippen molar-refractivity contribution in [1.82, 2.24) is 14.5 Å². The molecule has 0 radical (unpaired) electrons. The number of benzene rings is 2. The molecule has 1 aromatic heterocycles. The van der Waals surface area contributed by atoms with Crippen LogP contribution < -0.4 is 10.7 Å².